The van der Waals surface area contributed by atoms with Crippen LogP contribution in [0.5, 0.6) is 0 Å². The van der Waals surface area contributed by atoms with Crippen LogP contribution in [-0.2, 0) is 10.0 Å². The van der Waals surface area contributed by atoms with Gasteiger partial charge < -0.3 is 9.30 Å². The van der Waals surface area contributed by atoms with Crippen LogP contribution < -0.4 is 0 Å². The predicted octanol–water partition coefficient (Wildman–Crippen LogP) is 0.442. The minimum atomic E-state index is -3.18. The number of pyridine rings is 1. The van der Waals surface area contributed by atoms with Crippen LogP contribution in [0.2, 0.25) is 0 Å². The lowest BCUT2D eigenvalue weighted by Crippen LogP contribution is -2.50. The molecule has 0 N–H and O–H groups in total. The van der Waals surface area contributed by atoms with Gasteiger partial charge in [-0.05, 0) is 19.1 Å². The highest BCUT2D eigenvalue weighted by molar-refractivity contribution is 7.89. The van der Waals surface area contributed by atoms with Gasteiger partial charge in [0.1, 0.15) is 11.3 Å². The molecule has 22 heavy (non-hydrogen) atoms. The number of piperazine rings is 1. The van der Waals surface area contributed by atoms with Crippen LogP contribution in [-0.4, -0.2) is 64.8 Å². The number of sulfonamides is 1. The molecule has 118 valence electrons. The average Bonchev–Trinajstić information content (AvgIpc) is 2.98. The summed E-state index contributed by atoms with van der Waals surface area (Å²) < 4.78 is 26.9. The summed E-state index contributed by atoms with van der Waals surface area (Å²) in [4.78, 5) is 18.4. The van der Waals surface area contributed by atoms with E-state index in [-0.39, 0.29) is 11.7 Å². The fourth-order valence-electron chi connectivity index (χ4n) is 2.55. The Labute approximate surface area is 129 Å². The lowest BCUT2D eigenvalue weighted by atomic mass is 10.3. The molecule has 0 unspecified atom stereocenters. The number of aromatic nitrogens is 2. The van der Waals surface area contributed by atoms with Crippen molar-refractivity contribution < 1.29 is 13.2 Å². The number of hydrogen-bond donors (Lipinski definition) is 0. The molecule has 0 atom stereocenters. The minimum absolute atomic E-state index is 0.0907. The molecule has 2 aromatic heterocycles. The largest absolute Gasteiger partial charge is 0.335 e. The average molecular weight is 322 g/mol. The van der Waals surface area contributed by atoms with Crippen molar-refractivity contribution >= 4 is 21.6 Å². The van der Waals surface area contributed by atoms with Gasteiger partial charge in [-0.1, -0.05) is 6.07 Å². The Morgan fingerprint density at radius 2 is 1.95 bits per heavy atom. The smallest absolute Gasteiger partial charge is 0.274 e. The molecule has 0 aromatic carbocycles. The molecule has 8 heteroatoms. The maximum absolute atomic E-state index is 12.5. The Bertz CT molecular complexity index is 758. The van der Waals surface area contributed by atoms with Crippen molar-refractivity contribution in [2.75, 3.05) is 31.9 Å². The predicted molar refractivity (Wildman–Crippen MR) is 82.1 cm³/mol. The maximum atomic E-state index is 12.5. The first-order valence-electron chi connectivity index (χ1n) is 7.22. The summed E-state index contributed by atoms with van der Waals surface area (Å²) in [6.07, 6.45) is 3.54. The fraction of sp³-hybridized carbons (Fsp3) is 0.429. The standard InChI is InChI=1S/C14H18N4O3S/c1-2-22(20,21)18-9-7-16(8-10-18)14(19)12-11-17-6-4-3-5-13(17)15-12/h3-6,11H,2,7-10H2,1H3. The van der Waals surface area contributed by atoms with Gasteiger partial charge in [-0.3, -0.25) is 4.79 Å². The van der Waals surface area contributed by atoms with Gasteiger partial charge in [0.05, 0.1) is 5.75 Å². The van der Waals surface area contributed by atoms with E-state index in [2.05, 4.69) is 4.98 Å². The topological polar surface area (TPSA) is 75.0 Å². The molecule has 0 spiro atoms. The zero-order valence-corrected chi connectivity index (χ0v) is 13.2. The summed E-state index contributed by atoms with van der Waals surface area (Å²) in [7, 11) is -3.18. The van der Waals surface area contributed by atoms with Gasteiger partial charge in [-0.25, -0.2) is 13.4 Å². The van der Waals surface area contributed by atoms with Crippen LogP contribution >= 0.6 is 0 Å². The molecule has 0 bridgehead atoms. The van der Waals surface area contributed by atoms with E-state index in [0.717, 1.165) is 5.65 Å². The summed E-state index contributed by atoms with van der Waals surface area (Å²) >= 11 is 0. The second kappa shape index (κ2) is 5.69. The van der Waals surface area contributed by atoms with Gasteiger partial charge in [0, 0.05) is 38.6 Å². The van der Waals surface area contributed by atoms with Crippen molar-refractivity contribution in [1.29, 1.82) is 0 Å². The van der Waals surface area contributed by atoms with Crippen LogP contribution in [0.4, 0.5) is 0 Å². The van der Waals surface area contributed by atoms with E-state index in [4.69, 9.17) is 0 Å². The zero-order valence-electron chi connectivity index (χ0n) is 12.3. The van der Waals surface area contributed by atoms with Crippen LogP contribution in [0, 0.1) is 0 Å². The molecular weight excluding hydrogens is 304 g/mol. The Morgan fingerprint density at radius 1 is 1.23 bits per heavy atom. The monoisotopic (exact) mass is 322 g/mol. The highest BCUT2D eigenvalue weighted by Crippen LogP contribution is 2.12. The highest BCUT2D eigenvalue weighted by Gasteiger charge is 2.28. The SMILES string of the molecule is CCS(=O)(=O)N1CCN(C(=O)c2cn3ccccc3n2)CC1. The lowest BCUT2D eigenvalue weighted by molar-refractivity contribution is 0.0693. The van der Waals surface area contributed by atoms with E-state index >= 15 is 0 Å². The minimum Gasteiger partial charge on any atom is -0.335 e. The van der Waals surface area contributed by atoms with Gasteiger partial charge in [0.15, 0.2) is 0 Å². The molecule has 1 fully saturated rings. The number of nitrogens with zero attached hydrogens (tertiary/aromatic N) is 4. The van der Waals surface area contributed by atoms with E-state index in [1.54, 1.807) is 22.4 Å². The van der Waals surface area contributed by atoms with E-state index in [1.807, 2.05) is 24.4 Å². The molecule has 7 nitrogen and oxygen atoms in total. The van der Waals surface area contributed by atoms with Crippen LogP contribution in [0.15, 0.2) is 30.6 Å². The molecule has 0 saturated carbocycles. The first-order chi connectivity index (χ1) is 10.5. The first kappa shape index (κ1) is 15.0. The molecule has 2 aromatic rings. The van der Waals surface area contributed by atoms with Gasteiger partial charge in [-0.2, -0.15) is 4.31 Å². The van der Waals surface area contributed by atoms with Crippen molar-refractivity contribution in [3.8, 4) is 0 Å². The second-order valence-corrected chi connectivity index (χ2v) is 7.44. The number of carbonyl (C=O) groups excluding carboxylic acids is 1. The fourth-order valence-corrected chi connectivity index (χ4v) is 3.64. The number of carbonyl (C=O) groups is 1. The lowest BCUT2D eigenvalue weighted by Gasteiger charge is -2.33. The van der Waals surface area contributed by atoms with E-state index in [9.17, 15) is 13.2 Å². The van der Waals surface area contributed by atoms with Crippen molar-refractivity contribution in [3.63, 3.8) is 0 Å². The summed E-state index contributed by atoms with van der Waals surface area (Å²) in [6, 6.07) is 5.57. The second-order valence-electron chi connectivity index (χ2n) is 5.18. The van der Waals surface area contributed by atoms with Gasteiger partial charge in [0.25, 0.3) is 5.91 Å². The van der Waals surface area contributed by atoms with Crippen LogP contribution in [0.3, 0.4) is 0 Å². The van der Waals surface area contributed by atoms with Crippen molar-refractivity contribution in [1.82, 2.24) is 18.6 Å². The van der Waals surface area contributed by atoms with E-state index in [1.165, 1.54) is 4.31 Å². The zero-order chi connectivity index (χ0) is 15.7. The summed E-state index contributed by atoms with van der Waals surface area (Å²) in [5, 5.41) is 0. The molecule has 1 saturated heterocycles. The third-order valence-corrected chi connectivity index (χ3v) is 5.75. The molecular formula is C14H18N4O3S. The third kappa shape index (κ3) is 2.71. The van der Waals surface area contributed by atoms with E-state index in [0.29, 0.717) is 31.9 Å². The molecule has 1 amide bonds. The molecule has 0 aliphatic carbocycles. The third-order valence-electron chi connectivity index (χ3n) is 3.87. The molecule has 1 aliphatic rings. The van der Waals surface area contributed by atoms with Crippen LogP contribution in [0.25, 0.3) is 5.65 Å². The number of rotatable bonds is 3. The molecule has 3 rings (SSSR count). The Kier molecular flexibility index (Phi) is 3.88. The first-order valence-corrected chi connectivity index (χ1v) is 8.83. The van der Waals surface area contributed by atoms with Crippen molar-refractivity contribution in [3.05, 3.63) is 36.3 Å². The van der Waals surface area contributed by atoms with Gasteiger partial charge in [0.2, 0.25) is 10.0 Å². The highest BCUT2D eigenvalue weighted by atomic mass is 32.2. The number of fused-ring (bicyclic) bond motifs is 1. The van der Waals surface area contributed by atoms with Gasteiger partial charge >= 0.3 is 0 Å². The molecule has 3 heterocycles. The maximum Gasteiger partial charge on any atom is 0.274 e. The van der Waals surface area contributed by atoms with Gasteiger partial charge in [-0.15, -0.1) is 0 Å². The number of hydrogen-bond acceptors (Lipinski definition) is 4. The normalized spacial score (nSPS) is 17.0. The molecule has 1 aliphatic heterocycles. The number of imidazole rings is 1. The quantitative estimate of drug-likeness (QED) is 0.822. The Morgan fingerprint density at radius 3 is 2.59 bits per heavy atom. The summed E-state index contributed by atoms with van der Waals surface area (Å²) in [5.74, 6) is -0.0647. The Balaban J connectivity index is 1.72. The van der Waals surface area contributed by atoms with Crippen molar-refractivity contribution in [2.24, 2.45) is 0 Å². The van der Waals surface area contributed by atoms with Crippen LogP contribution in [0.1, 0.15) is 17.4 Å². The number of amides is 1. The summed E-state index contributed by atoms with van der Waals surface area (Å²) in [6.45, 7) is 3.10. The van der Waals surface area contributed by atoms with Crippen molar-refractivity contribution in [2.45, 2.75) is 6.92 Å². The summed E-state index contributed by atoms with van der Waals surface area (Å²) in [5.41, 5.74) is 1.11. The molecule has 0 radical (unpaired) electrons. The Hall–Kier alpha value is -1.93. The van der Waals surface area contributed by atoms with E-state index < -0.39 is 10.0 Å².